The first kappa shape index (κ1) is 105. The van der Waals surface area contributed by atoms with E-state index >= 15 is 0 Å². The van der Waals surface area contributed by atoms with Crippen LogP contribution in [0.2, 0.25) is 45.3 Å². The number of hydrogen-bond donors (Lipinski definition) is 4. The number of aliphatic hydroxyl groups is 1. The highest BCUT2D eigenvalue weighted by Crippen LogP contribution is 2.53. The number of carbonyl (C=O) groups is 1. The van der Waals surface area contributed by atoms with Crippen LogP contribution in [0.15, 0.2) is 333 Å². The maximum atomic E-state index is 11.2. The minimum Gasteiger partial charge on any atom is -0.496 e. The quantitative estimate of drug-likeness (QED) is 0.0130. The molecule has 694 valence electrons. The predicted molar refractivity (Wildman–Crippen MR) is 562 cm³/mol. The Morgan fingerprint density at radius 2 is 0.748 bits per heavy atom. The standard InChI is InChI=1S/C39H32OP2.C17H14Cl2N2O.C9H5Cl2N.C9H9ClO3.C8H8ClN3O.2C8H10ClNO.C8H9ClO2/c1-39(2)33-25-15-27-35(41(29-17-7-3-8-18-29)30-19-9-4-10-20-30)37(33)40-38-34(39)26-16-28-36(38)42(31-21-11-5-12-22-31)32-23-13-6-14-24-32;1-22-16-8-12(18)7-6-11(16)10-20-17-9-14(19)13-4-2-3-5-15(13)21-17;10-7-5-9(11)12-8-4-2-1-3-6(7)8;1-12-8-5-6(10)3-4-7(8)9(11)13-2;1-13-8-4-7(9)3-2-6(8)5-11-12-10;3*1-11-8-4-7(9)3-2-6(8)5-10/h3-28H,1-2H3;2-9H,10H2,1H3,(H,20,21);1-5H;3-5H,1-2H3;2-4H,5H2,1H3;2*2-4H,5,10H2,1H3;2-4,10H,5H2,1H3. The lowest BCUT2D eigenvalue weighted by molar-refractivity contribution is 0.0597. The molecule has 0 bridgehead atoms. The summed E-state index contributed by atoms with van der Waals surface area (Å²) in [5.74, 6) is 6.23. The molecule has 0 saturated carbocycles. The number of ether oxygens (including phenoxy) is 8. The number of anilines is 1. The van der Waals surface area contributed by atoms with Gasteiger partial charge in [-0.05, 0) is 151 Å². The van der Waals surface area contributed by atoms with Crippen molar-refractivity contribution in [2.45, 2.75) is 52.0 Å². The molecule has 0 aliphatic carbocycles. The van der Waals surface area contributed by atoms with E-state index in [1.54, 1.807) is 127 Å². The van der Waals surface area contributed by atoms with Crippen LogP contribution in [0.3, 0.4) is 0 Å². The van der Waals surface area contributed by atoms with Crippen LogP contribution in [-0.4, -0.2) is 70.8 Å². The van der Waals surface area contributed by atoms with Crippen LogP contribution >= 0.6 is 120 Å². The Morgan fingerprint density at radius 1 is 0.407 bits per heavy atom. The third-order valence-electron chi connectivity index (χ3n) is 20.6. The minimum absolute atomic E-state index is 0.0274. The van der Waals surface area contributed by atoms with Crippen LogP contribution in [0.1, 0.15) is 63.1 Å². The fraction of sp³-hybridized carbons (Fsp3) is 0.142. The third-order valence-corrected chi connectivity index (χ3v) is 27.7. The Hall–Kier alpha value is -11.6. The largest absolute Gasteiger partial charge is 0.496 e. The predicted octanol–water partition coefficient (Wildman–Crippen LogP) is 27.1. The molecule has 0 saturated heterocycles. The van der Waals surface area contributed by atoms with Gasteiger partial charge < -0.3 is 59.8 Å². The van der Waals surface area contributed by atoms with Gasteiger partial charge in [0.15, 0.2) is 0 Å². The van der Waals surface area contributed by atoms with Crippen molar-refractivity contribution in [2.24, 2.45) is 16.6 Å². The highest BCUT2D eigenvalue weighted by molar-refractivity contribution is 7.80. The van der Waals surface area contributed by atoms with Crippen LogP contribution in [0.5, 0.6) is 46.0 Å². The average molecular weight is 2020 g/mol. The van der Waals surface area contributed by atoms with Gasteiger partial charge in [0, 0.05) is 115 Å². The number of rotatable bonds is 21. The van der Waals surface area contributed by atoms with Crippen molar-refractivity contribution in [3.8, 4) is 46.0 Å². The molecule has 29 heteroatoms. The molecule has 2 aromatic heterocycles. The Balaban J connectivity index is 0.000000172. The van der Waals surface area contributed by atoms with Gasteiger partial charge in [0.25, 0.3) is 0 Å². The van der Waals surface area contributed by atoms with Gasteiger partial charge in [0.1, 0.15) is 62.5 Å². The van der Waals surface area contributed by atoms with Crippen molar-refractivity contribution in [2.75, 3.05) is 55.1 Å². The molecule has 0 radical (unpaired) electrons. The molecule has 0 amide bonds. The zero-order chi connectivity index (χ0) is 96.9. The van der Waals surface area contributed by atoms with Gasteiger partial charge in [-0.25, -0.2) is 14.8 Å². The number of nitrogens with zero attached hydrogens (tertiary/aromatic N) is 5. The van der Waals surface area contributed by atoms with E-state index in [1.165, 1.54) is 57.2 Å². The van der Waals surface area contributed by atoms with Gasteiger partial charge in [0.2, 0.25) is 0 Å². The van der Waals surface area contributed by atoms with Crippen LogP contribution in [0, 0.1) is 0 Å². The maximum absolute atomic E-state index is 11.2. The molecule has 6 N–H and O–H groups in total. The van der Waals surface area contributed by atoms with E-state index in [2.05, 4.69) is 202 Å². The molecule has 135 heavy (non-hydrogen) atoms. The number of fused-ring (bicyclic) bond motifs is 4. The highest BCUT2D eigenvalue weighted by atomic mass is 35.5. The van der Waals surface area contributed by atoms with Gasteiger partial charge in [-0.1, -0.05) is 348 Å². The van der Waals surface area contributed by atoms with Gasteiger partial charge in [-0.15, -0.1) is 0 Å². The van der Waals surface area contributed by atoms with Crippen LogP contribution in [-0.2, 0) is 42.9 Å². The van der Waals surface area contributed by atoms with Crippen molar-refractivity contribution < 1.29 is 47.8 Å². The lowest BCUT2D eigenvalue weighted by Gasteiger charge is -2.38. The number of esters is 1. The van der Waals surface area contributed by atoms with Gasteiger partial charge in [-0.3, -0.25) is 0 Å². The molecule has 0 atom stereocenters. The minimum atomic E-state index is -0.824. The fourth-order valence-electron chi connectivity index (χ4n) is 13.9. The lowest BCUT2D eigenvalue weighted by atomic mass is 9.76. The Morgan fingerprint density at radius 3 is 1.14 bits per heavy atom. The number of para-hydroxylation sites is 4. The monoisotopic (exact) mass is 2020 g/mol. The molecule has 0 spiro atoms. The van der Waals surface area contributed by atoms with Gasteiger partial charge >= 0.3 is 5.97 Å². The number of nitrogens with two attached hydrogens (primary N) is 2. The summed E-state index contributed by atoms with van der Waals surface area (Å²) < 4.78 is 42.2. The zero-order valence-electron chi connectivity index (χ0n) is 75.0. The fourth-order valence-corrected chi connectivity index (χ4v) is 20.5. The smallest absolute Gasteiger partial charge is 0.341 e. The molecule has 3 heterocycles. The van der Waals surface area contributed by atoms with Crippen molar-refractivity contribution in [3.63, 3.8) is 0 Å². The molecule has 17 rings (SSSR count). The number of benzene rings is 14. The number of halogens is 9. The molecule has 14 aromatic carbocycles. The summed E-state index contributed by atoms with van der Waals surface area (Å²) in [4.78, 5) is 22.5. The Labute approximate surface area is 834 Å². The average Bonchev–Trinajstić information content (AvgIpc) is 0.721. The summed E-state index contributed by atoms with van der Waals surface area (Å²) in [7, 11) is 9.06. The van der Waals surface area contributed by atoms with Crippen LogP contribution < -0.4 is 81.8 Å². The first-order chi connectivity index (χ1) is 65.3. The number of aromatic nitrogens is 2. The summed E-state index contributed by atoms with van der Waals surface area (Å²) in [5, 5.41) is 30.7. The van der Waals surface area contributed by atoms with Crippen molar-refractivity contribution in [1.29, 1.82) is 0 Å². The second-order valence-corrected chi connectivity index (χ2v) is 37.6. The first-order valence-corrected chi connectivity index (χ1v) is 47.8. The normalized spacial score (nSPS) is 11.0. The third kappa shape index (κ3) is 29.5. The van der Waals surface area contributed by atoms with Crippen molar-refractivity contribution in [1.82, 2.24) is 9.97 Å². The number of aliphatic hydroxyl groups excluding tert-OH is 1. The van der Waals surface area contributed by atoms with Gasteiger partial charge in [-0.2, -0.15) is 0 Å². The first-order valence-electron chi connectivity index (χ1n) is 41.7. The molecular formula is C106H97Cl9N8O10P2. The van der Waals surface area contributed by atoms with E-state index in [4.69, 9.17) is 160 Å². The van der Waals surface area contributed by atoms with Gasteiger partial charge in [0.05, 0.1) is 84.0 Å². The highest BCUT2D eigenvalue weighted by Gasteiger charge is 2.39. The SMILES string of the molecule is CC1(C)c2cccc(P(c3ccccc3)c3ccccc3)c2Oc2c(P(c3ccccc3)c3ccccc3)cccc21.COC(=O)c1ccc(Cl)cc1OC.COc1cc(Cl)ccc1CN.COc1cc(Cl)ccc1CN.COc1cc(Cl)ccc1CN=[N+]=[N-].COc1cc(Cl)ccc1CNc1cc(Cl)c2ccccc2n1.COc1cc(Cl)ccc1CO.Clc1cc(Cl)c2ccccc2n1. The molecule has 1 aliphatic heterocycles. The number of methoxy groups -OCH3 is 7. The summed E-state index contributed by atoms with van der Waals surface area (Å²) in [6.07, 6.45) is 0. The van der Waals surface area contributed by atoms with Crippen LogP contribution in [0.25, 0.3) is 32.2 Å². The number of carbonyl (C=O) groups excluding carboxylic acids is 1. The molecule has 1 aliphatic rings. The van der Waals surface area contributed by atoms with E-state index in [0.717, 1.165) is 84.2 Å². The molecular weight excluding hydrogens is 1930 g/mol. The topological polar surface area (TPSA) is 250 Å². The summed E-state index contributed by atoms with van der Waals surface area (Å²) in [5.41, 5.74) is 27.9. The number of azide groups is 1. The van der Waals surface area contributed by atoms with Crippen LogP contribution in [0.4, 0.5) is 5.82 Å². The second-order valence-electron chi connectivity index (χ2n) is 29.4. The lowest BCUT2D eigenvalue weighted by Crippen LogP contribution is -2.32. The van der Waals surface area contributed by atoms with Crippen molar-refractivity contribution >= 4 is 186 Å². The van der Waals surface area contributed by atoms with E-state index < -0.39 is 21.8 Å². The summed E-state index contributed by atoms with van der Waals surface area (Å²) >= 11 is 52.5. The van der Waals surface area contributed by atoms with E-state index in [9.17, 15) is 4.79 Å². The number of nitrogens with one attached hydrogen (secondary N) is 1. The summed E-state index contributed by atoms with van der Waals surface area (Å²) in [6.45, 7) is 6.46. The second kappa shape index (κ2) is 53.7. The summed E-state index contributed by atoms with van der Waals surface area (Å²) in [6, 6.07) is 107. The van der Waals surface area contributed by atoms with E-state index in [0.29, 0.717) is 87.8 Å². The van der Waals surface area contributed by atoms with E-state index in [1.807, 2.05) is 78.9 Å². The van der Waals surface area contributed by atoms with Crippen molar-refractivity contribution in [3.05, 3.63) is 428 Å². The number of pyridine rings is 2. The van der Waals surface area contributed by atoms with E-state index in [-0.39, 0.29) is 18.6 Å². The Kier molecular flexibility index (Phi) is 41.9. The number of hydrogen-bond acceptors (Lipinski definition) is 16. The molecule has 0 fully saturated rings. The zero-order valence-corrected chi connectivity index (χ0v) is 83.6. The maximum Gasteiger partial charge on any atom is 0.341 e. The molecule has 16 aromatic rings. The Bertz CT molecular complexity index is 6310. The molecule has 0 unspecified atom stereocenters. The molecule has 18 nitrogen and oxygen atoms in total.